The molecule has 0 aromatic heterocycles. The summed E-state index contributed by atoms with van der Waals surface area (Å²) in [4.78, 5) is 28.5. The number of urea groups is 1. The van der Waals surface area contributed by atoms with Crippen LogP contribution in [0, 0.1) is 12.8 Å². The van der Waals surface area contributed by atoms with E-state index in [0.717, 1.165) is 37.0 Å². The molecule has 7 heteroatoms. The normalized spacial score (nSPS) is 26.7. The van der Waals surface area contributed by atoms with E-state index in [0.29, 0.717) is 12.2 Å². The van der Waals surface area contributed by atoms with Crippen LogP contribution in [0.2, 0.25) is 0 Å². The number of nitrogens with one attached hydrogen (secondary N) is 2. The molecule has 1 aliphatic carbocycles. The van der Waals surface area contributed by atoms with Crippen molar-refractivity contribution in [3.8, 4) is 5.75 Å². The highest BCUT2D eigenvalue weighted by Gasteiger charge is 2.51. The number of aryl methyl sites for hydroxylation is 1. The quantitative estimate of drug-likeness (QED) is 0.654. The fourth-order valence-corrected chi connectivity index (χ4v) is 5.52. The molecule has 2 N–H and O–H groups in total. The number of carbonyl (C=O) groups is 2. The van der Waals surface area contributed by atoms with Crippen LogP contribution in [0.1, 0.15) is 60.3 Å². The van der Waals surface area contributed by atoms with Crippen LogP contribution in [0.3, 0.4) is 0 Å². The van der Waals surface area contributed by atoms with Crippen molar-refractivity contribution >= 4 is 11.8 Å². The van der Waals surface area contributed by atoms with Gasteiger partial charge in [-0.2, -0.15) is 0 Å². The van der Waals surface area contributed by atoms with E-state index < -0.39 is 0 Å². The second-order valence-corrected chi connectivity index (χ2v) is 9.26. The summed E-state index contributed by atoms with van der Waals surface area (Å²) >= 11 is 0. The number of fused-ring (bicyclic) bond motifs is 3. The first-order valence-corrected chi connectivity index (χ1v) is 12.0. The number of hydrogen-bond acceptors (Lipinski definition) is 5. The van der Waals surface area contributed by atoms with E-state index in [1.54, 1.807) is 22.0 Å². The van der Waals surface area contributed by atoms with E-state index in [1.165, 1.54) is 5.56 Å². The lowest BCUT2D eigenvalue weighted by atomic mass is 9.80. The summed E-state index contributed by atoms with van der Waals surface area (Å²) in [5.41, 5.74) is 6.29. The summed E-state index contributed by atoms with van der Waals surface area (Å²) in [5, 5.41) is 5.39. The molecule has 2 aromatic carbocycles. The van der Waals surface area contributed by atoms with Gasteiger partial charge in [0.25, 0.3) is 0 Å². The third kappa shape index (κ3) is 4.23. The Hall–Kier alpha value is -2.90. The molecule has 4 atom stereocenters. The number of amides is 2. The number of nitrogens with zero attached hydrogens (tertiary/aromatic N) is 2. The maximum Gasteiger partial charge on any atom is 0.336 e. The van der Waals surface area contributed by atoms with Gasteiger partial charge >= 0.3 is 6.03 Å². The second-order valence-electron chi connectivity index (χ2n) is 9.26. The third-order valence-corrected chi connectivity index (χ3v) is 7.10. The smallest absolute Gasteiger partial charge is 0.336 e. The first-order chi connectivity index (χ1) is 16.0. The van der Waals surface area contributed by atoms with Gasteiger partial charge in [-0.1, -0.05) is 42.7 Å². The van der Waals surface area contributed by atoms with Gasteiger partial charge in [0, 0.05) is 17.5 Å². The van der Waals surface area contributed by atoms with E-state index in [4.69, 9.17) is 4.74 Å². The van der Waals surface area contributed by atoms with Crippen LogP contribution in [-0.4, -0.2) is 47.1 Å². The lowest BCUT2D eigenvalue weighted by molar-refractivity contribution is 0.00126. The molecule has 33 heavy (non-hydrogen) atoms. The minimum atomic E-state index is -0.122. The van der Waals surface area contributed by atoms with Crippen LogP contribution in [0.25, 0.3) is 0 Å². The Bertz CT molecular complexity index is 1020. The maximum absolute atomic E-state index is 13.6. The fourth-order valence-electron chi connectivity index (χ4n) is 5.52. The van der Waals surface area contributed by atoms with Crippen LogP contribution in [-0.2, 0) is 0 Å². The van der Waals surface area contributed by atoms with Gasteiger partial charge in [-0.15, -0.1) is 0 Å². The van der Waals surface area contributed by atoms with Crippen molar-refractivity contribution in [2.24, 2.45) is 5.92 Å². The number of benzene rings is 2. The minimum Gasteiger partial charge on any atom is -0.494 e. The topological polar surface area (TPSA) is 73.9 Å². The van der Waals surface area contributed by atoms with E-state index in [9.17, 15) is 9.59 Å². The first-order valence-electron chi connectivity index (χ1n) is 12.0. The summed E-state index contributed by atoms with van der Waals surface area (Å²) in [7, 11) is 0. The lowest BCUT2D eigenvalue weighted by Crippen LogP contribution is -2.66. The first kappa shape index (κ1) is 21.9. The summed E-state index contributed by atoms with van der Waals surface area (Å²) < 4.78 is 5.48. The number of ether oxygens (including phenoxy) is 1. The lowest BCUT2D eigenvalue weighted by Gasteiger charge is -2.49. The van der Waals surface area contributed by atoms with Gasteiger partial charge in [-0.3, -0.25) is 10.1 Å². The zero-order chi connectivity index (χ0) is 22.9. The fraction of sp³-hybridized carbons (Fsp3) is 0.462. The van der Waals surface area contributed by atoms with Gasteiger partial charge < -0.3 is 9.64 Å². The Morgan fingerprint density at radius 2 is 1.91 bits per heavy atom. The predicted octanol–water partition coefficient (Wildman–Crippen LogP) is 4.01. The van der Waals surface area contributed by atoms with E-state index in [2.05, 4.69) is 35.9 Å². The Balaban J connectivity index is 1.36. The van der Waals surface area contributed by atoms with E-state index in [1.807, 2.05) is 25.1 Å². The van der Waals surface area contributed by atoms with Crippen LogP contribution >= 0.6 is 0 Å². The largest absolute Gasteiger partial charge is 0.494 e. The molecule has 0 bridgehead atoms. The van der Waals surface area contributed by atoms with Crippen LogP contribution in [0.5, 0.6) is 5.75 Å². The van der Waals surface area contributed by atoms with Crippen LogP contribution in [0.15, 0.2) is 48.5 Å². The molecule has 2 aromatic rings. The summed E-state index contributed by atoms with van der Waals surface area (Å²) in [6, 6.07) is 15.5. The molecule has 174 valence electrons. The molecule has 4 unspecified atom stereocenters. The van der Waals surface area contributed by atoms with Gasteiger partial charge in [-0.05, 0) is 56.5 Å². The maximum atomic E-state index is 13.6. The zero-order valence-corrected chi connectivity index (χ0v) is 19.3. The van der Waals surface area contributed by atoms with Crippen molar-refractivity contribution in [2.45, 2.75) is 57.9 Å². The Labute approximate surface area is 195 Å². The summed E-state index contributed by atoms with van der Waals surface area (Å²) in [5.74, 6) is 0.983. The number of rotatable bonds is 6. The van der Waals surface area contributed by atoms with Crippen LogP contribution in [0.4, 0.5) is 4.79 Å². The average Bonchev–Trinajstić information content (AvgIpc) is 3.28. The molecule has 3 aliphatic rings. The number of Topliss-reactive ketones (excluding diaryl/α,β-unsaturated/α-hetero) is 1. The third-order valence-electron chi connectivity index (χ3n) is 7.10. The van der Waals surface area contributed by atoms with E-state index in [-0.39, 0.29) is 42.7 Å². The Kier molecular flexibility index (Phi) is 6.08. The number of ketones is 1. The molecule has 0 spiro atoms. The molecule has 2 aliphatic heterocycles. The monoisotopic (exact) mass is 448 g/mol. The molecular formula is C26H32N4O3. The Morgan fingerprint density at radius 3 is 2.67 bits per heavy atom. The minimum absolute atomic E-state index is 0.0448. The Morgan fingerprint density at radius 1 is 1.12 bits per heavy atom. The van der Waals surface area contributed by atoms with Gasteiger partial charge in [-0.25, -0.2) is 15.2 Å². The molecule has 5 rings (SSSR count). The highest BCUT2D eigenvalue weighted by Crippen LogP contribution is 2.39. The molecule has 2 saturated heterocycles. The summed E-state index contributed by atoms with van der Waals surface area (Å²) in [6.45, 7) is 4.68. The molecule has 2 heterocycles. The predicted molar refractivity (Wildman–Crippen MR) is 126 cm³/mol. The van der Waals surface area contributed by atoms with Crippen molar-refractivity contribution in [1.82, 2.24) is 20.7 Å². The number of carbonyl (C=O) groups excluding carboxylic acids is 2. The SMILES string of the molecule is CCOc1ccc(C(=O)CN2C(=O)N3NC(c4cccc(C)c4)NC3C3CCCCC32)cc1. The molecular weight excluding hydrogens is 416 g/mol. The molecule has 1 saturated carbocycles. The highest BCUT2D eigenvalue weighted by molar-refractivity contribution is 5.99. The second kappa shape index (κ2) is 9.15. The number of hydrogen-bond donors (Lipinski definition) is 2. The molecule has 7 nitrogen and oxygen atoms in total. The molecule has 2 amide bonds. The van der Waals surface area contributed by atoms with Crippen molar-refractivity contribution in [2.75, 3.05) is 13.2 Å². The van der Waals surface area contributed by atoms with Crippen molar-refractivity contribution < 1.29 is 14.3 Å². The zero-order valence-electron chi connectivity index (χ0n) is 19.3. The average molecular weight is 449 g/mol. The van der Waals surface area contributed by atoms with Crippen molar-refractivity contribution in [1.29, 1.82) is 0 Å². The van der Waals surface area contributed by atoms with Gasteiger partial charge in [0.15, 0.2) is 5.78 Å². The van der Waals surface area contributed by atoms with Gasteiger partial charge in [0.05, 0.1) is 13.2 Å². The van der Waals surface area contributed by atoms with Crippen LogP contribution < -0.4 is 15.5 Å². The highest BCUT2D eigenvalue weighted by atomic mass is 16.5. The van der Waals surface area contributed by atoms with Crippen molar-refractivity contribution in [3.63, 3.8) is 0 Å². The summed E-state index contributed by atoms with van der Waals surface area (Å²) in [6.07, 6.45) is 4.03. The van der Waals surface area contributed by atoms with Crippen molar-refractivity contribution in [3.05, 3.63) is 65.2 Å². The van der Waals surface area contributed by atoms with E-state index >= 15 is 0 Å². The van der Waals surface area contributed by atoms with Gasteiger partial charge in [0.1, 0.15) is 18.1 Å². The van der Waals surface area contributed by atoms with Gasteiger partial charge in [0.2, 0.25) is 0 Å². The standard InChI is InChI=1S/C26H32N4O3/c1-3-33-20-13-11-18(12-14-20)23(31)16-29-22-10-5-4-9-21(22)25-27-24(28-30(25)26(29)32)19-8-6-7-17(2)15-19/h6-8,11-15,21-22,24-25,27-28H,3-5,9-10,16H2,1-2H3. The molecule has 3 fully saturated rings. The molecule has 0 radical (unpaired) electrons. The number of hydrazine groups is 1.